The third kappa shape index (κ3) is 6.67. The smallest absolute Gasteiger partial charge is 0.382 e. The van der Waals surface area contributed by atoms with E-state index in [1.54, 1.807) is 71.6 Å². The van der Waals surface area contributed by atoms with Gasteiger partial charge in [-0.2, -0.15) is 36.9 Å². The quantitative estimate of drug-likeness (QED) is 0.244. The second-order valence-electron chi connectivity index (χ2n) is 10.5. The van der Waals surface area contributed by atoms with E-state index in [2.05, 4.69) is 12.1 Å². The van der Waals surface area contributed by atoms with Crippen LogP contribution in [0.3, 0.4) is 0 Å². The molecule has 5 rings (SSSR count). The molecule has 1 heterocycles. The molecule has 0 bridgehead atoms. The number of hydrogen-bond donors (Lipinski definition) is 2. The highest BCUT2D eigenvalue weighted by atomic mass is 19.4. The SMILES string of the molecule is C[C@H]([C@@H](O)C(F)(F)F)N(C)c1ccc2c(C#N)cccc2c1.N#Cc1cccc2cc(N3CC[C@H]3[C@H](O)C(F)(F)F)ccc12. The monoisotopic (exact) mass is 614 g/mol. The third-order valence-electron chi connectivity index (χ3n) is 7.88. The first-order valence-corrected chi connectivity index (χ1v) is 13.5. The molecule has 0 amide bonds. The van der Waals surface area contributed by atoms with Crippen LogP contribution >= 0.6 is 0 Å². The molecule has 1 saturated heterocycles. The standard InChI is InChI=1S/C16H13F3N2O.C16H15F3N2O/c17-16(18,19)15(22)14-6-7-21(14)12-4-5-13-10(8-12)2-1-3-11(13)9-20;1-10(15(22)16(17,18)19)21(2)13-6-7-14-11(8-13)4-3-5-12(14)9-20/h1-5,8,14-15,22H,6-7H2;3-8,10,15,22H,1-2H3/t14-,15-;10-,15-/m01/s1. The number of aliphatic hydroxyl groups is 2. The Kier molecular flexibility index (Phi) is 9.28. The molecule has 0 aromatic heterocycles. The van der Waals surface area contributed by atoms with Crippen LogP contribution < -0.4 is 9.80 Å². The highest BCUT2D eigenvalue weighted by Crippen LogP contribution is 2.36. The van der Waals surface area contributed by atoms with Gasteiger partial charge in [0.2, 0.25) is 0 Å². The number of likely N-dealkylation sites (N-methyl/N-ethyl adjacent to an activating group) is 1. The molecule has 4 atom stereocenters. The first-order valence-electron chi connectivity index (χ1n) is 13.5. The molecule has 4 aromatic rings. The molecular weight excluding hydrogens is 586 g/mol. The number of alkyl halides is 6. The van der Waals surface area contributed by atoms with E-state index in [-0.39, 0.29) is 0 Å². The fourth-order valence-corrected chi connectivity index (χ4v) is 5.13. The van der Waals surface area contributed by atoms with Crippen molar-refractivity contribution in [1.29, 1.82) is 10.5 Å². The molecule has 6 nitrogen and oxygen atoms in total. The van der Waals surface area contributed by atoms with Gasteiger partial charge in [-0.1, -0.05) is 36.4 Å². The minimum Gasteiger partial charge on any atom is -0.382 e. The zero-order chi connectivity index (χ0) is 32.4. The number of benzene rings is 4. The molecule has 1 aliphatic heterocycles. The van der Waals surface area contributed by atoms with Gasteiger partial charge in [0.05, 0.1) is 35.3 Å². The third-order valence-corrected chi connectivity index (χ3v) is 7.88. The van der Waals surface area contributed by atoms with E-state index >= 15 is 0 Å². The topological polar surface area (TPSA) is 94.5 Å². The number of halogens is 6. The molecule has 44 heavy (non-hydrogen) atoms. The lowest BCUT2D eigenvalue weighted by molar-refractivity contribution is -0.213. The summed E-state index contributed by atoms with van der Waals surface area (Å²) in [5.74, 6) is 0. The van der Waals surface area contributed by atoms with Crippen LogP contribution in [0.5, 0.6) is 0 Å². The van der Waals surface area contributed by atoms with Crippen LogP contribution in [0.4, 0.5) is 37.7 Å². The van der Waals surface area contributed by atoms with Crippen molar-refractivity contribution in [3.05, 3.63) is 83.9 Å². The average molecular weight is 615 g/mol. The van der Waals surface area contributed by atoms with Crippen LogP contribution in [0.25, 0.3) is 21.5 Å². The fraction of sp³-hybridized carbons (Fsp3) is 0.312. The van der Waals surface area contributed by atoms with Crippen LogP contribution in [-0.4, -0.2) is 60.4 Å². The summed E-state index contributed by atoms with van der Waals surface area (Å²) in [6.45, 7) is 1.79. The van der Waals surface area contributed by atoms with Crippen molar-refractivity contribution in [3.8, 4) is 12.1 Å². The number of hydrogen-bond acceptors (Lipinski definition) is 6. The summed E-state index contributed by atoms with van der Waals surface area (Å²) in [6, 6.07) is 22.8. The Hall–Kier alpha value is -4.52. The Labute approximate surface area is 249 Å². The molecule has 0 unspecified atom stereocenters. The molecule has 1 aliphatic rings. The second-order valence-corrected chi connectivity index (χ2v) is 10.5. The summed E-state index contributed by atoms with van der Waals surface area (Å²) in [7, 11) is 1.49. The molecule has 0 aliphatic carbocycles. The maximum atomic E-state index is 12.6. The van der Waals surface area contributed by atoms with Crippen molar-refractivity contribution in [2.75, 3.05) is 23.4 Å². The van der Waals surface area contributed by atoms with E-state index in [0.717, 1.165) is 21.5 Å². The minimum atomic E-state index is -4.67. The lowest BCUT2D eigenvalue weighted by Gasteiger charge is -2.45. The van der Waals surface area contributed by atoms with E-state index in [9.17, 15) is 36.6 Å². The van der Waals surface area contributed by atoms with E-state index < -0.39 is 36.6 Å². The number of aliphatic hydroxyl groups excluding tert-OH is 2. The largest absolute Gasteiger partial charge is 0.416 e. The van der Waals surface area contributed by atoms with Gasteiger partial charge >= 0.3 is 12.4 Å². The first-order chi connectivity index (χ1) is 20.7. The van der Waals surface area contributed by atoms with Gasteiger partial charge in [0.1, 0.15) is 0 Å². The molecular formula is C32H28F6N4O2. The van der Waals surface area contributed by atoms with Gasteiger partial charge in [0, 0.05) is 25.0 Å². The summed E-state index contributed by atoms with van der Waals surface area (Å²) in [4.78, 5) is 2.92. The van der Waals surface area contributed by atoms with Crippen molar-refractivity contribution in [1.82, 2.24) is 0 Å². The fourth-order valence-electron chi connectivity index (χ4n) is 5.13. The Morgan fingerprint density at radius 2 is 1.36 bits per heavy atom. The summed E-state index contributed by atoms with van der Waals surface area (Å²) in [5.41, 5.74) is 2.20. The van der Waals surface area contributed by atoms with Crippen LogP contribution in [-0.2, 0) is 0 Å². The summed E-state index contributed by atoms with van der Waals surface area (Å²) >= 11 is 0. The van der Waals surface area contributed by atoms with Gasteiger partial charge < -0.3 is 20.0 Å². The number of nitrogens with zero attached hydrogens (tertiary/aromatic N) is 4. The van der Waals surface area contributed by atoms with Gasteiger partial charge in [-0.05, 0) is 71.3 Å². The van der Waals surface area contributed by atoms with E-state index in [4.69, 9.17) is 10.5 Å². The molecule has 0 saturated carbocycles. The number of fused-ring (bicyclic) bond motifs is 2. The number of anilines is 2. The molecule has 230 valence electrons. The average Bonchev–Trinajstić information content (AvgIpc) is 2.97. The minimum absolute atomic E-state index is 0.303. The maximum Gasteiger partial charge on any atom is 0.416 e. The number of rotatable bonds is 5. The summed E-state index contributed by atoms with van der Waals surface area (Å²) < 4.78 is 75.8. The lowest BCUT2D eigenvalue weighted by atomic mass is 9.94. The molecule has 1 fully saturated rings. The molecule has 4 aromatic carbocycles. The number of nitriles is 2. The highest BCUT2D eigenvalue weighted by molar-refractivity contribution is 5.91. The van der Waals surface area contributed by atoms with Gasteiger partial charge in [-0.3, -0.25) is 0 Å². The Morgan fingerprint density at radius 3 is 1.84 bits per heavy atom. The Balaban J connectivity index is 0.000000201. The van der Waals surface area contributed by atoms with E-state index in [1.807, 2.05) is 6.07 Å². The van der Waals surface area contributed by atoms with Crippen LogP contribution in [0.1, 0.15) is 24.5 Å². The van der Waals surface area contributed by atoms with Crippen molar-refractivity contribution >= 4 is 32.9 Å². The van der Waals surface area contributed by atoms with E-state index in [0.29, 0.717) is 35.5 Å². The predicted molar refractivity (Wildman–Crippen MR) is 155 cm³/mol. The van der Waals surface area contributed by atoms with Crippen LogP contribution in [0.15, 0.2) is 72.8 Å². The lowest BCUT2D eigenvalue weighted by Crippen LogP contribution is -2.58. The van der Waals surface area contributed by atoms with Crippen LogP contribution in [0.2, 0.25) is 0 Å². The normalized spacial score (nSPS) is 17.0. The molecule has 12 heteroatoms. The zero-order valence-electron chi connectivity index (χ0n) is 23.6. The van der Waals surface area contributed by atoms with Crippen molar-refractivity contribution in [2.24, 2.45) is 0 Å². The Bertz CT molecular complexity index is 1610. The van der Waals surface area contributed by atoms with Crippen LogP contribution in [0, 0.1) is 22.7 Å². The Morgan fingerprint density at radius 1 is 0.818 bits per heavy atom. The molecule has 2 N–H and O–H groups in total. The molecule has 0 spiro atoms. The van der Waals surface area contributed by atoms with Gasteiger partial charge in [-0.25, -0.2) is 0 Å². The predicted octanol–water partition coefficient (Wildman–Crippen LogP) is 6.67. The highest BCUT2D eigenvalue weighted by Gasteiger charge is 2.49. The summed E-state index contributed by atoms with van der Waals surface area (Å²) in [5, 5.41) is 40.0. The van der Waals surface area contributed by atoms with E-state index in [1.165, 1.54) is 18.9 Å². The van der Waals surface area contributed by atoms with Gasteiger partial charge in [0.15, 0.2) is 12.2 Å². The van der Waals surface area contributed by atoms with Gasteiger partial charge in [0.25, 0.3) is 0 Å². The maximum absolute atomic E-state index is 12.6. The summed E-state index contributed by atoms with van der Waals surface area (Å²) in [6.07, 6.45) is -13.8. The molecule has 0 radical (unpaired) electrons. The van der Waals surface area contributed by atoms with Crippen molar-refractivity contribution < 1.29 is 36.6 Å². The first kappa shape index (κ1) is 32.4. The second kappa shape index (κ2) is 12.6. The van der Waals surface area contributed by atoms with Crippen molar-refractivity contribution in [2.45, 2.75) is 50.0 Å². The van der Waals surface area contributed by atoms with Crippen molar-refractivity contribution in [3.63, 3.8) is 0 Å². The van der Waals surface area contributed by atoms with Gasteiger partial charge in [-0.15, -0.1) is 0 Å². The zero-order valence-corrected chi connectivity index (χ0v) is 23.6.